The zero-order valence-electron chi connectivity index (χ0n) is 13.3. The fourth-order valence-electron chi connectivity index (χ4n) is 2.37. The van der Waals surface area contributed by atoms with Crippen LogP contribution in [0.15, 0.2) is 27.0 Å². The van der Waals surface area contributed by atoms with Crippen LogP contribution in [0.1, 0.15) is 6.23 Å². The zero-order chi connectivity index (χ0) is 20.4. The SMILES string of the molecule is [N-]=[N+]=NC1[C@H](n2ccc(=O)[nH]c2=O)O[C@H](COP(=O)(O)CP(=O)(O)O)[C@H]1O. The predicted octanol–water partition coefficient (Wildman–Crippen LogP) is -1.19. The van der Waals surface area contributed by atoms with Gasteiger partial charge in [0.1, 0.15) is 18.4 Å². The van der Waals surface area contributed by atoms with E-state index in [4.69, 9.17) is 20.1 Å². The van der Waals surface area contributed by atoms with Gasteiger partial charge in [0.2, 0.25) is 0 Å². The molecule has 0 aliphatic carbocycles. The van der Waals surface area contributed by atoms with Crippen LogP contribution in [0, 0.1) is 0 Å². The zero-order valence-corrected chi connectivity index (χ0v) is 15.1. The second-order valence-electron chi connectivity index (χ2n) is 5.51. The van der Waals surface area contributed by atoms with Crippen molar-refractivity contribution in [1.29, 1.82) is 0 Å². The summed E-state index contributed by atoms with van der Waals surface area (Å²) in [6, 6.07) is -0.372. The molecule has 0 amide bonds. The van der Waals surface area contributed by atoms with Crippen molar-refractivity contribution < 1.29 is 38.2 Å². The maximum Gasteiger partial charge on any atom is 0.340 e. The number of ether oxygens (including phenoxy) is 1. The lowest BCUT2D eigenvalue weighted by Crippen LogP contribution is -2.36. The highest BCUT2D eigenvalue weighted by atomic mass is 31.2. The monoisotopic (exact) mass is 427 g/mol. The molecule has 15 nitrogen and oxygen atoms in total. The molecular formula is C10H15N5O10P2. The van der Waals surface area contributed by atoms with E-state index in [1.807, 2.05) is 4.98 Å². The summed E-state index contributed by atoms with van der Waals surface area (Å²) in [5.74, 6) is -1.44. The van der Waals surface area contributed by atoms with Crippen LogP contribution in [0.4, 0.5) is 0 Å². The molecule has 1 fully saturated rings. The van der Waals surface area contributed by atoms with Crippen molar-refractivity contribution in [3.63, 3.8) is 0 Å². The lowest BCUT2D eigenvalue weighted by molar-refractivity contribution is -0.0429. The number of aliphatic hydroxyl groups excluding tert-OH is 1. The molecule has 0 aromatic carbocycles. The fraction of sp³-hybridized carbons (Fsp3) is 0.600. The van der Waals surface area contributed by atoms with Gasteiger partial charge >= 0.3 is 20.9 Å². The Hall–Kier alpha value is -1.79. The van der Waals surface area contributed by atoms with E-state index in [0.717, 1.165) is 16.8 Å². The highest BCUT2D eigenvalue weighted by Crippen LogP contribution is 2.55. The Balaban J connectivity index is 2.22. The molecule has 2 rings (SSSR count). The summed E-state index contributed by atoms with van der Waals surface area (Å²) in [5.41, 5.74) is 7.02. The third-order valence-corrected chi connectivity index (χ3v) is 6.91. The van der Waals surface area contributed by atoms with Crippen LogP contribution in [0.25, 0.3) is 10.4 Å². The maximum atomic E-state index is 11.9. The number of H-pyrrole nitrogens is 1. The van der Waals surface area contributed by atoms with Crippen LogP contribution in [-0.2, 0) is 18.4 Å². The van der Waals surface area contributed by atoms with Crippen LogP contribution in [0.2, 0.25) is 0 Å². The Bertz CT molecular complexity index is 948. The van der Waals surface area contributed by atoms with Crippen molar-refractivity contribution >= 4 is 15.2 Å². The van der Waals surface area contributed by atoms with E-state index in [1.54, 1.807) is 0 Å². The smallest absolute Gasteiger partial charge is 0.340 e. The average Bonchev–Trinajstić information content (AvgIpc) is 2.80. The number of hydrogen-bond acceptors (Lipinski definition) is 8. The predicted molar refractivity (Wildman–Crippen MR) is 86.9 cm³/mol. The molecule has 1 aliphatic rings. The van der Waals surface area contributed by atoms with Gasteiger partial charge in [-0.1, -0.05) is 5.11 Å². The summed E-state index contributed by atoms with van der Waals surface area (Å²) < 4.78 is 33.2. The van der Waals surface area contributed by atoms with Gasteiger partial charge in [0, 0.05) is 17.2 Å². The summed E-state index contributed by atoms with van der Waals surface area (Å²) in [5, 5.41) is 13.5. The molecule has 1 aliphatic heterocycles. The van der Waals surface area contributed by atoms with Crippen molar-refractivity contribution in [2.45, 2.75) is 24.5 Å². The van der Waals surface area contributed by atoms with Gasteiger partial charge < -0.3 is 29.0 Å². The first-order chi connectivity index (χ1) is 12.4. The second kappa shape index (κ2) is 8.07. The molecule has 1 aromatic rings. The summed E-state index contributed by atoms with van der Waals surface area (Å²) in [6.07, 6.45) is -3.29. The lowest BCUT2D eigenvalue weighted by Gasteiger charge is -2.18. The molecule has 0 saturated carbocycles. The van der Waals surface area contributed by atoms with Crippen LogP contribution >= 0.6 is 15.2 Å². The number of rotatable bonds is 7. The Kier molecular flexibility index (Phi) is 6.43. The summed E-state index contributed by atoms with van der Waals surface area (Å²) in [6.45, 7) is -0.791. The van der Waals surface area contributed by atoms with Crippen molar-refractivity contribution in [3.8, 4) is 0 Å². The fourth-order valence-corrected chi connectivity index (χ4v) is 4.94. The first-order valence-electron chi connectivity index (χ1n) is 7.14. The maximum absolute atomic E-state index is 11.9. The minimum absolute atomic E-state index is 0.700. The molecule has 150 valence electrons. The average molecular weight is 427 g/mol. The molecule has 5 N–H and O–H groups in total. The van der Waals surface area contributed by atoms with E-state index < -0.39 is 63.4 Å². The van der Waals surface area contributed by atoms with Crippen molar-refractivity contribution in [2.24, 2.45) is 5.11 Å². The first-order valence-corrected chi connectivity index (χ1v) is 10.7. The van der Waals surface area contributed by atoms with Gasteiger partial charge in [-0.2, -0.15) is 0 Å². The molecular weight excluding hydrogens is 412 g/mol. The number of aromatic amines is 1. The van der Waals surface area contributed by atoms with Crippen LogP contribution in [-0.4, -0.2) is 60.1 Å². The largest absolute Gasteiger partial charge is 0.390 e. The van der Waals surface area contributed by atoms with Crippen LogP contribution in [0.3, 0.4) is 0 Å². The molecule has 1 saturated heterocycles. The third-order valence-electron chi connectivity index (χ3n) is 3.45. The van der Waals surface area contributed by atoms with Gasteiger partial charge in [-0.25, -0.2) is 4.79 Å². The second-order valence-corrected chi connectivity index (χ2v) is 9.50. The van der Waals surface area contributed by atoms with Gasteiger partial charge in [-0.05, 0) is 5.53 Å². The molecule has 5 atom stereocenters. The van der Waals surface area contributed by atoms with Crippen molar-refractivity contribution in [2.75, 3.05) is 12.5 Å². The lowest BCUT2D eigenvalue weighted by atomic mass is 10.1. The molecule has 0 spiro atoms. The molecule has 2 unspecified atom stereocenters. The molecule has 0 radical (unpaired) electrons. The van der Waals surface area contributed by atoms with Gasteiger partial charge in [0.25, 0.3) is 5.56 Å². The minimum atomic E-state index is -4.84. The van der Waals surface area contributed by atoms with E-state index in [-0.39, 0.29) is 0 Å². The minimum Gasteiger partial charge on any atom is -0.390 e. The van der Waals surface area contributed by atoms with Crippen molar-refractivity contribution in [3.05, 3.63) is 43.5 Å². The van der Waals surface area contributed by atoms with E-state index in [1.165, 1.54) is 0 Å². The third kappa shape index (κ3) is 5.59. The molecule has 17 heteroatoms. The van der Waals surface area contributed by atoms with E-state index >= 15 is 0 Å². The number of azide groups is 1. The van der Waals surface area contributed by atoms with Gasteiger partial charge in [-0.3, -0.25) is 23.5 Å². The summed E-state index contributed by atoms with van der Waals surface area (Å²) >= 11 is 0. The topological polar surface area (TPSA) is 237 Å². The van der Waals surface area contributed by atoms with Crippen LogP contribution < -0.4 is 11.2 Å². The number of aliphatic hydroxyl groups is 1. The van der Waals surface area contributed by atoms with Crippen molar-refractivity contribution in [1.82, 2.24) is 9.55 Å². The number of nitrogens with zero attached hydrogens (tertiary/aromatic N) is 4. The summed E-state index contributed by atoms with van der Waals surface area (Å²) in [4.78, 5) is 54.4. The van der Waals surface area contributed by atoms with E-state index in [9.17, 15) is 28.7 Å². The normalized spacial score (nSPS) is 27.7. The van der Waals surface area contributed by atoms with Gasteiger partial charge in [-0.15, -0.1) is 0 Å². The van der Waals surface area contributed by atoms with Gasteiger partial charge in [0.15, 0.2) is 5.90 Å². The Morgan fingerprint density at radius 2 is 2.04 bits per heavy atom. The standard InChI is InChI=1S/C10H15N5O10P2/c11-14-13-7-8(17)5(3-24-27(22,23)4-26(19,20)21)25-9(7)15-2-1-6(16)12-10(15)18/h1-2,5,7-9,17H,3-4H2,(H,22,23)(H,12,16,18)(H2,19,20,21)/t5-,7?,8-,9-/m1/s1. The number of aromatic nitrogens is 2. The number of hydrogen-bond donors (Lipinski definition) is 5. The Labute approximate surface area is 149 Å². The molecule has 27 heavy (non-hydrogen) atoms. The Morgan fingerprint density at radius 1 is 1.37 bits per heavy atom. The quantitative estimate of drug-likeness (QED) is 0.151. The van der Waals surface area contributed by atoms with Gasteiger partial charge in [0.05, 0.1) is 12.7 Å². The Morgan fingerprint density at radius 3 is 2.59 bits per heavy atom. The molecule has 1 aromatic heterocycles. The van der Waals surface area contributed by atoms with Crippen LogP contribution in [0.5, 0.6) is 0 Å². The highest BCUT2D eigenvalue weighted by molar-refractivity contribution is 7.70. The van der Waals surface area contributed by atoms with E-state index in [0.29, 0.717) is 0 Å². The highest BCUT2D eigenvalue weighted by Gasteiger charge is 2.46. The first kappa shape index (κ1) is 21.5. The molecule has 0 bridgehead atoms. The summed E-state index contributed by atoms with van der Waals surface area (Å²) in [7, 11) is -9.55. The molecule has 2 heterocycles. The van der Waals surface area contributed by atoms with E-state index in [2.05, 4.69) is 14.5 Å². The number of nitrogens with one attached hydrogen (secondary N) is 1.